The van der Waals surface area contributed by atoms with Crippen LogP contribution >= 0.6 is 11.6 Å². The van der Waals surface area contributed by atoms with E-state index in [1.807, 2.05) is 24.3 Å². The van der Waals surface area contributed by atoms with E-state index in [2.05, 4.69) is 6.92 Å². The smallest absolute Gasteiger partial charge is 0.119 e. The second kappa shape index (κ2) is 5.04. The molecule has 12 heavy (non-hydrogen) atoms. The van der Waals surface area contributed by atoms with Crippen LogP contribution in [-0.2, 0) is 0 Å². The summed E-state index contributed by atoms with van der Waals surface area (Å²) in [5.41, 5.74) is 0. The van der Waals surface area contributed by atoms with Gasteiger partial charge in [-0.1, -0.05) is 24.9 Å². The highest BCUT2D eigenvalue weighted by atomic mass is 35.5. The monoisotopic (exact) mass is 183 g/mol. The van der Waals surface area contributed by atoms with Crippen LogP contribution in [0, 0.1) is 6.92 Å². The molecule has 0 bridgehead atoms. The third-order valence-electron chi connectivity index (χ3n) is 1.48. The van der Waals surface area contributed by atoms with Gasteiger partial charge in [0.2, 0.25) is 0 Å². The second-order valence-electron chi connectivity index (χ2n) is 2.51. The molecule has 0 saturated heterocycles. The molecular formula is C10H12ClO. The summed E-state index contributed by atoms with van der Waals surface area (Å²) in [6.45, 7) is 4.46. The van der Waals surface area contributed by atoms with E-state index in [-0.39, 0.29) is 0 Å². The van der Waals surface area contributed by atoms with Gasteiger partial charge in [0.05, 0.1) is 6.61 Å². The van der Waals surface area contributed by atoms with E-state index >= 15 is 0 Å². The summed E-state index contributed by atoms with van der Waals surface area (Å²) in [7, 11) is 0. The number of unbranched alkanes of at least 4 members (excludes halogenated alkanes) is 1. The molecule has 0 heterocycles. The van der Waals surface area contributed by atoms with E-state index in [1.165, 1.54) is 0 Å². The number of rotatable bonds is 4. The van der Waals surface area contributed by atoms with Crippen LogP contribution in [0.25, 0.3) is 0 Å². The minimum Gasteiger partial charge on any atom is -0.494 e. The Balaban J connectivity index is 2.37. The van der Waals surface area contributed by atoms with E-state index < -0.39 is 0 Å². The molecule has 0 aromatic heterocycles. The van der Waals surface area contributed by atoms with Crippen molar-refractivity contribution in [3.8, 4) is 5.75 Å². The summed E-state index contributed by atoms with van der Waals surface area (Å²) in [5, 5.41) is 0.736. The lowest BCUT2D eigenvalue weighted by atomic mass is 10.3. The molecule has 0 atom stereocenters. The zero-order valence-corrected chi connectivity index (χ0v) is 7.68. The predicted octanol–water partition coefficient (Wildman–Crippen LogP) is 3.33. The van der Waals surface area contributed by atoms with Crippen molar-refractivity contribution in [2.75, 3.05) is 6.61 Å². The first-order chi connectivity index (χ1) is 5.83. The highest BCUT2D eigenvalue weighted by Gasteiger charge is 1.91. The van der Waals surface area contributed by atoms with Gasteiger partial charge in [-0.15, -0.1) is 0 Å². The van der Waals surface area contributed by atoms with E-state index in [1.54, 1.807) is 0 Å². The Morgan fingerprint density at radius 2 is 1.92 bits per heavy atom. The van der Waals surface area contributed by atoms with Gasteiger partial charge in [-0.05, 0) is 30.7 Å². The van der Waals surface area contributed by atoms with Gasteiger partial charge in [0.25, 0.3) is 0 Å². The SMILES string of the molecule is [CH2]CCCOc1ccc(Cl)cc1. The van der Waals surface area contributed by atoms with Crippen molar-refractivity contribution in [3.63, 3.8) is 0 Å². The maximum Gasteiger partial charge on any atom is 0.119 e. The van der Waals surface area contributed by atoms with Crippen LogP contribution in [0.3, 0.4) is 0 Å². The van der Waals surface area contributed by atoms with E-state index in [9.17, 15) is 0 Å². The molecule has 0 unspecified atom stereocenters. The molecule has 0 N–H and O–H groups in total. The molecule has 0 aliphatic carbocycles. The Kier molecular flexibility index (Phi) is 3.95. The van der Waals surface area contributed by atoms with Gasteiger partial charge < -0.3 is 4.74 Å². The molecule has 0 aliphatic rings. The van der Waals surface area contributed by atoms with E-state index in [0.717, 1.165) is 30.2 Å². The van der Waals surface area contributed by atoms with Crippen molar-refractivity contribution in [3.05, 3.63) is 36.2 Å². The maximum atomic E-state index is 5.71. The summed E-state index contributed by atoms with van der Waals surface area (Å²) >= 11 is 5.71. The molecule has 0 spiro atoms. The van der Waals surface area contributed by atoms with Crippen molar-refractivity contribution >= 4 is 11.6 Å². The summed E-state index contributed by atoms with van der Waals surface area (Å²) in [4.78, 5) is 0. The van der Waals surface area contributed by atoms with E-state index in [0.29, 0.717) is 0 Å². The fourth-order valence-electron chi connectivity index (χ4n) is 0.823. The summed E-state index contributed by atoms with van der Waals surface area (Å²) < 4.78 is 5.40. The Hall–Kier alpha value is -0.690. The summed E-state index contributed by atoms with van der Waals surface area (Å²) in [5.74, 6) is 0.868. The summed E-state index contributed by atoms with van der Waals surface area (Å²) in [6.07, 6.45) is 1.90. The molecule has 1 aromatic rings. The van der Waals surface area contributed by atoms with Crippen LogP contribution in [-0.4, -0.2) is 6.61 Å². The second-order valence-corrected chi connectivity index (χ2v) is 2.95. The highest BCUT2D eigenvalue weighted by molar-refractivity contribution is 6.30. The lowest BCUT2D eigenvalue weighted by molar-refractivity contribution is 0.312. The molecule has 0 amide bonds. The summed E-state index contributed by atoms with van der Waals surface area (Å²) in [6, 6.07) is 7.37. The third-order valence-corrected chi connectivity index (χ3v) is 1.73. The Morgan fingerprint density at radius 1 is 1.25 bits per heavy atom. The first-order valence-electron chi connectivity index (χ1n) is 4.00. The maximum absolute atomic E-state index is 5.71. The molecule has 1 rings (SSSR count). The number of ether oxygens (including phenoxy) is 1. The molecule has 2 heteroatoms. The fraction of sp³-hybridized carbons (Fsp3) is 0.300. The molecule has 0 aliphatic heterocycles. The zero-order chi connectivity index (χ0) is 8.81. The lowest BCUT2D eigenvalue weighted by Gasteiger charge is -2.03. The van der Waals surface area contributed by atoms with Crippen LogP contribution in [0.1, 0.15) is 12.8 Å². The van der Waals surface area contributed by atoms with Crippen molar-refractivity contribution in [2.45, 2.75) is 12.8 Å². The fourth-order valence-corrected chi connectivity index (χ4v) is 0.949. The molecular weight excluding hydrogens is 172 g/mol. The van der Waals surface area contributed by atoms with Gasteiger partial charge >= 0.3 is 0 Å². The lowest BCUT2D eigenvalue weighted by Crippen LogP contribution is -1.95. The molecule has 1 nitrogen and oxygen atoms in total. The van der Waals surface area contributed by atoms with Crippen LogP contribution in [0.15, 0.2) is 24.3 Å². The molecule has 0 fully saturated rings. The zero-order valence-electron chi connectivity index (χ0n) is 6.92. The Bertz CT molecular complexity index is 218. The van der Waals surface area contributed by atoms with Gasteiger partial charge in [-0.25, -0.2) is 0 Å². The largest absolute Gasteiger partial charge is 0.494 e. The Labute approximate surface area is 78.3 Å². The van der Waals surface area contributed by atoms with Crippen LogP contribution in [0.5, 0.6) is 5.75 Å². The van der Waals surface area contributed by atoms with Gasteiger partial charge in [0, 0.05) is 5.02 Å². The van der Waals surface area contributed by atoms with Crippen molar-refractivity contribution in [2.24, 2.45) is 0 Å². The minimum absolute atomic E-state index is 0.727. The van der Waals surface area contributed by atoms with E-state index in [4.69, 9.17) is 16.3 Å². The predicted molar refractivity (Wildman–Crippen MR) is 51.5 cm³/mol. The average Bonchev–Trinajstić information content (AvgIpc) is 2.09. The molecule has 0 saturated carbocycles. The van der Waals surface area contributed by atoms with Gasteiger partial charge in [0.1, 0.15) is 5.75 Å². The highest BCUT2D eigenvalue weighted by Crippen LogP contribution is 2.15. The Morgan fingerprint density at radius 3 is 2.50 bits per heavy atom. The average molecular weight is 184 g/mol. The standard InChI is InChI=1S/C10H12ClO/c1-2-3-8-12-10-6-4-9(11)5-7-10/h4-7H,1-3,8H2. The number of halogens is 1. The van der Waals surface area contributed by atoms with Crippen molar-refractivity contribution < 1.29 is 4.74 Å². The number of hydrogen-bond donors (Lipinski definition) is 0. The minimum atomic E-state index is 0.727. The quantitative estimate of drug-likeness (QED) is 0.651. The van der Waals surface area contributed by atoms with Gasteiger partial charge in [-0.3, -0.25) is 0 Å². The molecule has 1 radical (unpaired) electrons. The van der Waals surface area contributed by atoms with Crippen LogP contribution in [0.2, 0.25) is 5.02 Å². The molecule has 1 aromatic carbocycles. The van der Waals surface area contributed by atoms with Gasteiger partial charge in [-0.2, -0.15) is 0 Å². The van der Waals surface area contributed by atoms with Crippen LogP contribution < -0.4 is 4.74 Å². The number of benzene rings is 1. The first-order valence-corrected chi connectivity index (χ1v) is 4.38. The normalized spacial score (nSPS) is 9.83. The van der Waals surface area contributed by atoms with Crippen LogP contribution in [0.4, 0.5) is 0 Å². The van der Waals surface area contributed by atoms with Gasteiger partial charge in [0.15, 0.2) is 0 Å². The van der Waals surface area contributed by atoms with Crippen molar-refractivity contribution in [1.82, 2.24) is 0 Å². The molecule has 65 valence electrons. The number of hydrogen-bond acceptors (Lipinski definition) is 1. The topological polar surface area (TPSA) is 9.23 Å². The first kappa shape index (κ1) is 9.40. The van der Waals surface area contributed by atoms with Crippen molar-refractivity contribution in [1.29, 1.82) is 0 Å². The third kappa shape index (κ3) is 3.14.